The predicted octanol–water partition coefficient (Wildman–Crippen LogP) is 3.14. The number of aromatic nitrogens is 1. The molecule has 3 aliphatic rings. The van der Waals surface area contributed by atoms with E-state index in [2.05, 4.69) is 22.0 Å². The van der Waals surface area contributed by atoms with E-state index in [0.29, 0.717) is 0 Å². The number of para-hydroxylation sites is 1. The van der Waals surface area contributed by atoms with Gasteiger partial charge in [0.15, 0.2) is 5.78 Å². The number of ketones is 1. The number of Topliss-reactive ketones (excluding diaryl/α,β-unsaturated/α-hetero) is 1. The number of carbonyl (C=O) groups excluding carboxylic acids is 1. The van der Waals surface area contributed by atoms with E-state index in [-0.39, 0.29) is 11.7 Å². The Hall–Kier alpha value is -2.07. The van der Waals surface area contributed by atoms with Gasteiger partial charge in [-0.1, -0.05) is 18.2 Å². The Labute approximate surface area is 129 Å². The highest BCUT2D eigenvalue weighted by atomic mass is 16.5. The van der Waals surface area contributed by atoms with Crippen LogP contribution in [0, 0.1) is 5.92 Å². The van der Waals surface area contributed by atoms with E-state index >= 15 is 0 Å². The number of benzene rings is 1. The van der Waals surface area contributed by atoms with Crippen LogP contribution in [0.15, 0.2) is 29.8 Å². The van der Waals surface area contributed by atoms with Crippen molar-refractivity contribution >= 4 is 16.7 Å². The third-order valence-electron chi connectivity index (χ3n) is 5.03. The molecule has 114 valence electrons. The number of rotatable bonds is 1. The summed E-state index contributed by atoms with van der Waals surface area (Å²) < 4.78 is 5.45. The van der Waals surface area contributed by atoms with Gasteiger partial charge in [-0.3, -0.25) is 9.69 Å². The Bertz CT molecular complexity index is 788. The van der Waals surface area contributed by atoms with Crippen molar-refractivity contribution in [1.29, 1.82) is 0 Å². The number of hydrogen-bond acceptors (Lipinski definition) is 3. The van der Waals surface area contributed by atoms with Gasteiger partial charge >= 0.3 is 0 Å². The van der Waals surface area contributed by atoms with Gasteiger partial charge in [0.25, 0.3) is 0 Å². The maximum absolute atomic E-state index is 13.1. The number of ether oxygens (including phenoxy) is 1. The Morgan fingerprint density at radius 1 is 1.36 bits per heavy atom. The smallest absolute Gasteiger partial charge is 0.186 e. The van der Waals surface area contributed by atoms with Crippen molar-refractivity contribution in [3.05, 3.63) is 41.1 Å². The molecule has 2 bridgehead atoms. The van der Waals surface area contributed by atoms with Crippen LogP contribution in [-0.4, -0.2) is 35.9 Å². The predicted molar refractivity (Wildman–Crippen MR) is 86.3 cm³/mol. The molecule has 3 aliphatic heterocycles. The fourth-order valence-electron chi connectivity index (χ4n) is 3.86. The third kappa shape index (κ3) is 1.83. The maximum atomic E-state index is 13.1. The maximum Gasteiger partial charge on any atom is 0.186 e. The lowest BCUT2D eigenvalue weighted by molar-refractivity contribution is 0.0875. The molecule has 0 aliphatic carbocycles. The highest BCUT2D eigenvalue weighted by molar-refractivity contribution is 6.06. The molecule has 1 N–H and O–H groups in total. The first kappa shape index (κ1) is 13.6. The van der Waals surface area contributed by atoms with Crippen LogP contribution in [0.3, 0.4) is 0 Å². The minimum absolute atomic E-state index is 0.0272. The Balaban J connectivity index is 1.96. The Morgan fingerprint density at radius 2 is 2.23 bits per heavy atom. The van der Waals surface area contributed by atoms with Gasteiger partial charge in [-0.25, -0.2) is 0 Å². The summed E-state index contributed by atoms with van der Waals surface area (Å²) in [6.45, 7) is 4.75. The average molecular weight is 296 g/mol. The summed E-state index contributed by atoms with van der Waals surface area (Å²) in [6, 6.07) is 6.00. The van der Waals surface area contributed by atoms with Crippen molar-refractivity contribution in [3.8, 4) is 5.75 Å². The molecule has 4 heterocycles. The van der Waals surface area contributed by atoms with Crippen molar-refractivity contribution in [2.75, 3.05) is 20.2 Å². The van der Waals surface area contributed by atoms with E-state index in [1.165, 1.54) is 5.57 Å². The molecule has 0 spiro atoms. The van der Waals surface area contributed by atoms with Gasteiger partial charge in [0, 0.05) is 30.0 Å². The van der Waals surface area contributed by atoms with E-state index in [4.69, 9.17) is 4.74 Å². The van der Waals surface area contributed by atoms with E-state index in [9.17, 15) is 4.79 Å². The number of hydrogen-bond donors (Lipinski definition) is 1. The highest BCUT2D eigenvalue weighted by Gasteiger charge is 2.35. The fourth-order valence-corrected chi connectivity index (χ4v) is 3.86. The van der Waals surface area contributed by atoms with Crippen LogP contribution >= 0.6 is 0 Å². The van der Waals surface area contributed by atoms with Gasteiger partial charge in [0.05, 0.1) is 18.3 Å². The minimum atomic E-state index is 0.0272. The molecule has 22 heavy (non-hydrogen) atoms. The number of aromatic amines is 1. The molecule has 4 nitrogen and oxygen atoms in total. The molecule has 0 radical (unpaired) electrons. The number of H-pyrrole nitrogens is 1. The zero-order valence-electron chi connectivity index (χ0n) is 13.0. The summed E-state index contributed by atoms with van der Waals surface area (Å²) in [6.07, 6.45) is 3.04. The van der Waals surface area contributed by atoms with Gasteiger partial charge in [0.2, 0.25) is 0 Å². The first-order valence-corrected chi connectivity index (χ1v) is 7.82. The van der Waals surface area contributed by atoms with E-state index < -0.39 is 0 Å². The SMILES string of the molecule is C/C=C1/CN2CCC1C(=O)c1[nH]c3c(OC)cccc3c1C2. The van der Waals surface area contributed by atoms with Crippen LogP contribution in [0.4, 0.5) is 0 Å². The lowest BCUT2D eigenvalue weighted by Crippen LogP contribution is -2.40. The van der Waals surface area contributed by atoms with E-state index in [1.54, 1.807) is 7.11 Å². The van der Waals surface area contributed by atoms with Crippen molar-refractivity contribution in [1.82, 2.24) is 9.88 Å². The average Bonchev–Trinajstić information content (AvgIpc) is 2.90. The minimum Gasteiger partial charge on any atom is -0.495 e. The zero-order chi connectivity index (χ0) is 15.3. The summed E-state index contributed by atoms with van der Waals surface area (Å²) in [4.78, 5) is 18.8. The first-order chi connectivity index (χ1) is 10.7. The lowest BCUT2D eigenvalue weighted by Gasteiger charge is -2.36. The first-order valence-electron chi connectivity index (χ1n) is 7.82. The molecule has 0 amide bonds. The molecule has 2 aromatic rings. The highest BCUT2D eigenvalue weighted by Crippen LogP contribution is 2.37. The van der Waals surface area contributed by atoms with Gasteiger partial charge in [-0.2, -0.15) is 0 Å². The Kier molecular flexibility index (Phi) is 3.08. The molecule has 1 aromatic heterocycles. The molecular formula is C18H20N2O2. The van der Waals surface area contributed by atoms with Gasteiger partial charge < -0.3 is 9.72 Å². The number of carbonyl (C=O) groups is 1. The lowest BCUT2D eigenvalue weighted by atomic mass is 9.83. The standard InChI is InChI=1S/C18H20N2O2/c1-3-11-9-20-8-7-12(11)18(21)17-14(10-20)13-5-4-6-15(22-2)16(13)19-17/h3-6,12,19H,7-10H2,1-2H3/b11-3-. The van der Waals surface area contributed by atoms with Gasteiger partial charge in [0.1, 0.15) is 5.75 Å². The second-order valence-electron chi connectivity index (χ2n) is 6.14. The molecule has 5 rings (SSSR count). The van der Waals surface area contributed by atoms with Crippen molar-refractivity contribution in [3.63, 3.8) is 0 Å². The summed E-state index contributed by atoms with van der Waals surface area (Å²) in [5, 5.41) is 1.11. The van der Waals surface area contributed by atoms with Crippen LogP contribution in [0.25, 0.3) is 10.9 Å². The van der Waals surface area contributed by atoms with E-state index in [0.717, 1.165) is 54.0 Å². The summed E-state index contributed by atoms with van der Waals surface area (Å²) in [5.74, 6) is 1.06. The fraction of sp³-hybridized carbons (Fsp3) is 0.389. The second kappa shape index (κ2) is 4.99. The third-order valence-corrected chi connectivity index (χ3v) is 5.03. The quantitative estimate of drug-likeness (QED) is 0.822. The van der Waals surface area contributed by atoms with Crippen molar-refractivity contribution in [2.24, 2.45) is 5.92 Å². The molecule has 1 aromatic carbocycles. The number of allylic oxidation sites excluding steroid dienone is 1. The summed E-state index contributed by atoms with van der Waals surface area (Å²) >= 11 is 0. The van der Waals surface area contributed by atoms with Crippen LogP contribution in [-0.2, 0) is 6.54 Å². The molecule has 2 unspecified atom stereocenters. The number of methoxy groups -OCH3 is 1. The van der Waals surface area contributed by atoms with Gasteiger partial charge in [-0.15, -0.1) is 0 Å². The van der Waals surface area contributed by atoms with Crippen LogP contribution in [0.1, 0.15) is 29.4 Å². The second-order valence-corrected chi connectivity index (χ2v) is 6.14. The molecule has 2 atom stereocenters. The Morgan fingerprint density at radius 3 is 3.00 bits per heavy atom. The molecule has 1 fully saturated rings. The molecule has 1 saturated heterocycles. The van der Waals surface area contributed by atoms with Crippen LogP contribution in [0.2, 0.25) is 0 Å². The largest absolute Gasteiger partial charge is 0.495 e. The number of piperidine rings is 1. The molecule has 4 heteroatoms. The zero-order valence-corrected chi connectivity index (χ0v) is 13.0. The number of nitrogens with zero attached hydrogens (tertiary/aromatic N) is 1. The normalized spacial score (nSPS) is 26.1. The molecule has 0 saturated carbocycles. The summed E-state index contributed by atoms with van der Waals surface area (Å²) in [7, 11) is 1.67. The molecular weight excluding hydrogens is 276 g/mol. The topological polar surface area (TPSA) is 45.3 Å². The number of nitrogens with one attached hydrogen (secondary N) is 1. The van der Waals surface area contributed by atoms with Gasteiger partial charge in [-0.05, 0) is 31.5 Å². The van der Waals surface area contributed by atoms with Crippen molar-refractivity contribution < 1.29 is 9.53 Å². The number of fused-ring (bicyclic) bond motifs is 3. The van der Waals surface area contributed by atoms with Crippen LogP contribution < -0.4 is 4.74 Å². The van der Waals surface area contributed by atoms with Crippen LogP contribution in [0.5, 0.6) is 5.75 Å². The van der Waals surface area contributed by atoms with Crippen molar-refractivity contribution in [2.45, 2.75) is 19.9 Å². The monoisotopic (exact) mass is 296 g/mol. The summed E-state index contributed by atoms with van der Waals surface area (Å²) in [5.41, 5.74) is 4.09. The van der Waals surface area contributed by atoms with E-state index in [1.807, 2.05) is 19.1 Å².